The maximum atomic E-state index is 13.0. The molecular formula is C30H38N4O2. The van der Waals surface area contributed by atoms with Gasteiger partial charge in [0.15, 0.2) is 0 Å². The summed E-state index contributed by atoms with van der Waals surface area (Å²) >= 11 is 0. The molecule has 6 heteroatoms. The van der Waals surface area contributed by atoms with Gasteiger partial charge >= 0.3 is 0 Å². The van der Waals surface area contributed by atoms with Crippen LogP contribution in [0, 0.1) is 22.7 Å². The molecule has 0 aliphatic heterocycles. The van der Waals surface area contributed by atoms with Crippen LogP contribution in [0.25, 0.3) is 0 Å². The Morgan fingerprint density at radius 1 is 0.611 bits per heavy atom. The molecule has 2 aromatic rings. The van der Waals surface area contributed by atoms with Gasteiger partial charge in [-0.15, -0.1) is 0 Å². The molecule has 0 aromatic heterocycles. The van der Waals surface area contributed by atoms with Gasteiger partial charge in [0.25, 0.3) is 11.8 Å². The van der Waals surface area contributed by atoms with Gasteiger partial charge in [-0.1, -0.05) is 51.0 Å². The zero-order chi connectivity index (χ0) is 26.2. The molecule has 0 aliphatic rings. The first-order valence-electron chi connectivity index (χ1n) is 13.0. The highest BCUT2D eigenvalue weighted by Gasteiger charge is 2.17. The third-order valence-corrected chi connectivity index (χ3v) is 6.39. The fourth-order valence-corrected chi connectivity index (χ4v) is 4.09. The molecule has 0 fully saturated rings. The Kier molecular flexibility index (Phi) is 12.8. The summed E-state index contributed by atoms with van der Waals surface area (Å²) in [7, 11) is 0. The van der Waals surface area contributed by atoms with Crippen LogP contribution in [0.3, 0.4) is 0 Å². The van der Waals surface area contributed by atoms with Crippen molar-refractivity contribution in [2.24, 2.45) is 0 Å². The minimum Gasteiger partial charge on any atom is -0.338 e. The molecule has 190 valence electrons. The van der Waals surface area contributed by atoms with Crippen molar-refractivity contribution in [3.63, 3.8) is 0 Å². The van der Waals surface area contributed by atoms with Crippen molar-refractivity contribution in [2.75, 3.05) is 26.2 Å². The number of hydrogen-bond donors (Lipinski definition) is 0. The molecule has 0 heterocycles. The Bertz CT molecular complexity index is 947. The first-order valence-corrected chi connectivity index (χ1v) is 13.0. The third-order valence-electron chi connectivity index (χ3n) is 6.39. The number of nitriles is 2. The number of carbonyl (C=O) groups is 2. The summed E-state index contributed by atoms with van der Waals surface area (Å²) in [5.74, 6) is -0.0643. The maximum Gasteiger partial charge on any atom is 0.253 e. The van der Waals surface area contributed by atoms with Crippen LogP contribution >= 0.6 is 0 Å². The fourth-order valence-electron chi connectivity index (χ4n) is 4.09. The summed E-state index contributed by atoms with van der Waals surface area (Å²) in [6.07, 6.45) is 6.02. The lowest BCUT2D eigenvalue weighted by Crippen LogP contribution is -2.33. The first-order chi connectivity index (χ1) is 17.5. The molecule has 0 radical (unpaired) electrons. The molecule has 0 unspecified atom stereocenters. The van der Waals surface area contributed by atoms with E-state index < -0.39 is 0 Å². The zero-order valence-electron chi connectivity index (χ0n) is 21.7. The second kappa shape index (κ2) is 16.1. The van der Waals surface area contributed by atoms with Crippen molar-refractivity contribution in [3.05, 3.63) is 70.8 Å². The Morgan fingerprint density at radius 2 is 0.972 bits per heavy atom. The average Bonchev–Trinajstić information content (AvgIpc) is 2.93. The molecule has 0 atom stereocenters. The Hall–Kier alpha value is -3.64. The van der Waals surface area contributed by atoms with Crippen LogP contribution in [-0.2, 0) is 12.8 Å². The van der Waals surface area contributed by atoms with Crippen molar-refractivity contribution in [1.29, 1.82) is 10.5 Å². The van der Waals surface area contributed by atoms with E-state index >= 15 is 0 Å². The van der Waals surface area contributed by atoms with Crippen LogP contribution in [0.4, 0.5) is 0 Å². The second-order valence-corrected chi connectivity index (χ2v) is 8.92. The molecule has 36 heavy (non-hydrogen) atoms. The molecule has 2 aromatic carbocycles. The molecule has 0 saturated carbocycles. The van der Waals surface area contributed by atoms with Gasteiger partial charge in [0.05, 0.1) is 25.0 Å². The van der Waals surface area contributed by atoms with Crippen LogP contribution in [-0.4, -0.2) is 47.8 Å². The topological polar surface area (TPSA) is 88.2 Å². The highest BCUT2D eigenvalue weighted by Crippen LogP contribution is 2.13. The van der Waals surface area contributed by atoms with E-state index in [1.165, 1.54) is 11.1 Å². The highest BCUT2D eigenvalue weighted by atomic mass is 16.2. The number of aryl methyl sites for hydroxylation is 2. The van der Waals surface area contributed by atoms with E-state index in [-0.39, 0.29) is 11.8 Å². The fraction of sp³-hybridized carbons (Fsp3) is 0.467. The van der Waals surface area contributed by atoms with Gasteiger partial charge in [-0.2, -0.15) is 10.5 Å². The lowest BCUT2D eigenvalue weighted by molar-refractivity contribution is 0.0742. The summed E-state index contributed by atoms with van der Waals surface area (Å²) in [6.45, 7) is 6.24. The number of carbonyl (C=O) groups excluding carboxylic acids is 2. The molecular weight excluding hydrogens is 448 g/mol. The Labute approximate surface area is 216 Å². The number of benzene rings is 2. The van der Waals surface area contributed by atoms with Crippen LogP contribution in [0.1, 0.15) is 84.2 Å². The minimum absolute atomic E-state index is 0.0322. The van der Waals surface area contributed by atoms with Gasteiger partial charge in [-0.05, 0) is 61.1 Å². The molecule has 0 N–H and O–H groups in total. The Morgan fingerprint density at radius 3 is 1.28 bits per heavy atom. The predicted octanol–water partition coefficient (Wildman–Crippen LogP) is 5.78. The number of hydrogen-bond acceptors (Lipinski definition) is 4. The SMILES string of the molecule is CCc1ccc(C(=O)N(CCC#N)CCCCCCN(CCC#N)C(=O)c2ccc(CC)cc2)cc1. The summed E-state index contributed by atoms with van der Waals surface area (Å²) in [5.41, 5.74) is 3.69. The minimum atomic E-state index is -0.0322. The van der Waals surface area contributed by atoms with Gasteiger partial charge in [0, 0.05) is 37.3 Å². The summed E-state index contributed by atoms with van der Waals surface area (Å²) in [5, 5.41) is 18.0. The van der Waals surface area contributed by atoms with Gasteiger partial charge < -0.3 is 9.80 Å². The van der Waals surface area contributed by atoms with E-state index in [2.05, 4.69) is 26.0 Å². The second-order valence-electron chi connectivity index (χ2n) is 8.92. The molecule has 2 rings (SSSR count). The molecule has 0 bridgehead atoms. The average molecular weight is 487 g/mol. The molecule has 0 aliphatic carbocycles. The van der Waals surface area contributed by atoms with Crippen LogP contribution < -0.4 is 0 Å². The largest absolute Gasteiger partial charge is 0.338 e. The highest BCUT2D eigenvalue weighted by molar-refractivity contribution is 5.94. The zero-order valence-corrected chi connectivity index (χ0v) is 21.7. The summed E-state index contributed by atoms with van der Waals surface area (Å²) in [6, 6.07) is 19.7. The smallest absolute Gasteiger partial charge is 0.253 e. The van der Waals surface area contributed by atoms with Crippen molar-refractivity contribution in [3.8, 4) is 12.1 Å². The van der Waals surface area contributed by atoms with Gasteiger partial charge in [-0.3, -0.25) is 9.59 Å². The quantitative estimate of drug-likeness (QED) is 0.298. The number of unbranched alkanes of at least 4 members (excludes halogenated alkanes) is 3. The standard InChI is InChI=1S/C30H38N4O2/c1-3-25-11-15-27(16-12-25)29(35)33(23-9-19-31)21-7-5-6-8-22-34(24-10-20-32)30(36)28-17-13-26(4-2)14-18-28/h11-18H,3-10,21-24H2,1-2H3. The van der Waals surface area contributed by atoms with E-state index in [9.17, 15) is 9.59 Å². The van der Waals surface area contributed by atoms with E-state index in [1.807, 2.05) is 48.5 Å². The molecule has 0 saturated heterocycles. The van der Waals surface area contributed by atoms with Crippen molar-refractivity contribution in [1.82, 2.24) is 9.80 Å². The first kappa shape index (κ1) is 28.6. The molecule has 2 amide bonds. The van der Waals surface area contributed by atoms with Crippen LogP contribution in [0.15, 0.2) is 48.5 Å². The van der Waals surface area contributed by atoms with E-state index in [1.54, 1.807) is 9.80 Å². The molecule has 0 spiro atoms. The number of amides is 2. The number of rotatable bonds is 15. The summed E-state index contributed by atoms with van der Waals surface area (Å²) < 4.78 is 0. The van der Waals surface area contributed by atoms with Crippen molar-refractivity contribution >= 4 is 11.8 Å². The van der Waals surface area contributed by atoms with Crippen LogP contribution in [0.2, 0.25) is 0 Å². The van der Waals surface area contributed by atoms with Gasteiger partial charge in [0.1, 0.15) is 0 Å². The van der Waals surface area contributed by atoms with Crippen molar-refractivity contribution in [2.45, 2.75) is 65.2 Å². The predicted molar refractivity (Wildman–Crippen MR) is 142 cm³/mol. The Balaban J connectivity index is 1.84. The van der Waals surface area contributed by atoms with E-state index in [0.717, 1.165) is 38.5 Å². The molecule has 6 nitrogen and oxygen atoms in total. The third kappa shape index (κ3) is 9.19. The normalized spacial score (nSPS) is 10.3. The monoisotopic (exact) mass is 486 g/mol. The number of nitrogens with zero attached hydrogens (tertiary/aromatic N) is 4. The van der Waals surface area contributed by atoms with Crippen LogP contribution in [0.5, 0.6) is 0 Å². The van der Waals surface area contributed by atoms with E-state index in [4.69, 9.17) is 10.5 Å². The van der Waals surface area contributed by atoms with E-state index in [0.29, 0.717) is 50.1 Å². The summed E-state index contributed by atoms with van der Waals surface area (Å²) in [4.78, 5) is 29.5. The maximum absolute atomic E-state index is 13.0. The van der Waals surface area contributed by atoms with Gasteiger partial charge in [0.2, 0.25) is 0 Å². The van der Waals surface area contributed by atoms with Crippen molar-refractivity contribution < 1.29 is 9.59 Å². The lowest BCUT2D eigenvalue weighted by atomic mass is 10.1. The van der Waals surface area contributed by atoms with Gasteiger partial charge in [-0.25, -0.2) is 0 Å². The lowest BCUT2D eigenvalue weighted by Gasteiger charge is -2.23.